The molecule has 168 valence electrons. The summed E-state index contributed by atoms with van der Waals surface area (Å²) >= 11 is 0. The minimum absolute atomic E-state index is 0.0175. The molecule has 0 spiro atoms. The summed E-state index contributed by atoms with van der Waals surface area (Å²) in [5.74, 6) is 0.617. The quantitative estimate of drug-likeness (QED) is 0.680. The number of hydrogen-bond donors (Lipinski definition) is 0. The Morgan fingerprint density at radius 3 is 2.39 bits per heavy atom. The van der Waals surface area contributed by atoms with Gasteiger partial charge in [0, 0.05) is 31.7 Å². The van der Waals surface area contributed by atoms with Gasteiger partial charge >= 0.3 is 0 Å². The van der Waals surface area contributed by atoms with Crippen LogP contribution in [0.2, 0.25) is 0 Å². The third-order valence-corrected chi connectivity index (χ3v) is 6.09. The van der Waals surface area contributed by atoms with Crippen LogP contribution in [0.1, 0.15) is 51.3 Å². The molecule has 2 atom stereocenters. The zero-order chi connectivity index (χ0) is 22.8. The van der Waals surface area contributed by atoms with Crippen molar-refractivity contribution in [1.82, 2.24) is 9.80 Å². The fourth-order valence-electron chi connectivity index (χ4n) is 4.24. The Morgan fingerprint density at radius 2 is 1.74 bits per heavy atom. The second-order valence-electron chi connectivity index (χ2n) is 9.79. The van der Waals surface area contributed by atoms with Gasteiger partial charge in [-0.05, 0) is 55.0 Å². The number of para-hydroxylation sites is 1. The standard InChI is InChI=1S/C26H35FN2O2/c1-18-8-7-9-23(26(4,5)6)25(18)31-17-24(30)29-15-19(2)28(14-20(29)3)16-21-10-12-22(27)13-11-21/h7-13,19-20H,14-17H2,1-6H3/t19-,20+/m0/s1. The van der Waals surface area contributed by atoms with Crippen LogP contribution in [-0.2, 0) is 16.8 Å². The number of rotatable bonds is 5. The van der Waals surface area contributed by atoms with Crippen LogP contribution in [0.5, 0.6) is 5.75 Å². The average molecular weight is 427 g/mol. The zero-order valence-corrected chi connectivity index (χ0v) is 19.6. The lowest BCUT2D eigenvalue weighted by Gasteiger charge is -2.44. The summed E-state index contributed by atoms with van der Waals surface area (Å²) in [6.45, 7) is 14.9. The summed E-state index contributed by atoms with van der Waals surface area (Å²) in [4.78, 5) is 17.3. The number of ether oxygens (including phenoxy) is 1. The molecule has 0 aromatic heterocycles. The average Bonchev–Trinajstić information content (AvgIpc) is 2.70. The number of carbonyl (C=O) groups is 1. The van der Waals surface area contributed by atoms with E-state index in [0.717, 1.165) is 35.5 Å². The molecule has 0 bridgehead atoms. The van der Waals surface area contributed by atoms with E-state index in [4.69, 9.17) is 4.74 Å². The van der Waals surface area contributed by atoms with Gasteiger partial charge < -0.3 is 9.64 Å². The Morgan fingerprint density at radius 1 is 1.06 bits per heavy atom. The van der Waals surface area contributed by atoms with Crippen molar-refractivity contribution in [3.8, 4) is 5.75 Å². The zero-order valence-electron chi connectivity index (χ0n) is 19.6. The van der Waals surface area contributed by atoms with Gasteiger partial charge in [0.15, 0.2) is 6.61 Å². The van der Waals surface area contributed by atoms with Crippen molar-refractivity contribution in [2.75, 3.05) is 19.7 Å². The molecule has 0 N–H and O–H groups in total. The van der Waals surface area contributed by atoms with Crippen LogP contribution in [0.3, 0.4) is 0 Å². The number of amides is 1. The number of carbonyl (C=O) groups excluding carboxylic acids is 1. The van der Waals surface area contributed by atoms with Crippen LogP contribution in [0.4, 0.5) is 4.39 Å². The van der Waals surface area contributed by atoms with Crippen molar-refractivity contribution in [2.45, 2.75) is 65.6 Å². The molecule has 1 amide bonds. The first-order valence-electron chi connectivity index (χ1n) is 11.1. The molecule has 0 radical (unpaired) electrons. The van der Waals surface area contributed by atoms with E-state index in [0.29, 0.717) is 6.54 Å². The Balaban J connectivity index is 1.63. The maximum absolute atomic E-state index is 13.2. The molecule has 2 aromatic carbocycles. The van der Waals surface area contributed by atoms with Gasteiger partial charge in [-0.15, -0.1) is 0 Å². The number of halogens is 1. The Bertz CT molecular complexity index is 905. The Hall–Kier alpha value is -2.40. The largest absolute Gasteiger partial charge is 0.483 e. The summed E-state index contributed by atoms with van der Waals surface area (Å²) < 4.78 is 19.3. The van der Waals surface area contributed by atoms with Gasteiger partial charge in [-0.1, -0.05) is 51.1 Å². The van der Waals surface area contributed by atoms with E-state index in [9.17, 15) is 9.18 Å². The van der Waals surface area contributed by atoms with Gasteiger partial charge in [0.25, 0.3) is 5.91 Å². The molecule has 31 heavy (non-hydrogen) atoms. The molecule has 0 saturated carbocycles. The minimum Gasteiger partial charge on any atom is -0.483 e. The highest BCUT2D eigenvalue weighted by molar-refractivity contribution is 5.78. The Kier molecular flexibility index (Phi) is 7.05. The van der Waals surface area contributed by atoms with Crippen LogP contribution in [0, 0.1) is 12.7 Å². The monoisotopic (exact) mass is 426 g/mol. The van der Waals surface area contributed by atoms with Crippen molar-refractivity contribution >= 4 is 5.91 Å². The van der Waals surface area contributed by atoms with Gasteiger partial charge in [0.1, 0.15) is 11.6 Å². The van der Waals surface area contributed by atoms with E-state index in [1.165, 1.54) is 12.1 Å². The van der Waals surface area contributed by atoms with E-state index >= 15 is 0 Å². The highest BCUT2D eigenvalue weighted by Gasteiger charge is 2.32. The Labute approximate surface area is 186 Å². The van der Waals surface area contributed by atoms with E-state index in [1.54, 1.807) is 0 Å². The first-order chi connectivity index (χ1) is 14.6. The number of aryl methyl sites for hydroxylation is 1. The van der Waals surface area contributed by atoms with Crippen LogP contribution < -0.4 is 4.74 Å². The summed E-state index contributed by atoms with van der Waals surface area (Å²) in [6, 6.07) is 13.1. The molecule has 4 nitrogen and oxygen atoms in total. The molecule has 5 heteroatoms. The van der Waals surface area contributed by atoms with Crippen molar-refractivity contribution in [1.29, 1.82) is 0 Å². The number of hydrogen-bond acceptors (Lipinski definition) is 3. The van der Waals surface area contributed by atoms with Crippen LogP contribution in [0.15, 0.2) is 42.5 Å². The fraction of sp³-hybridized carbons (Fsp3) is 0.500. The number of nitrogens with zero attached hydrogens (tertiary/aromatic N) is 2. The molecule has 2 aromatic rings. The minimum atomic E-state index is -0.219. The number of benzene rings is 2. The molecular weight excluding hydrogens is 391 g/mol. The van der Waals surface area contributed by atoms with E-state index in [1.807, 2.05) is 36.1 Å². The van der Waals surface area contributed by atoms with Crippen molar-refractivity contribution in [3.05, 3.63) is 65.0 Å². The normalized spacial score (nSPS) is 20.0. The van der Waals surface area contributed by atoms with Crippen LogP contribution in [0.25, 0.3) is 0 Å². The van der Waals surface area contributed by atoms with Gasteiger partial charge in [-0.25, -0.2) is 4.39 Å². The predicted molar refractivity (Wildman–Crippen MR) is 123 cm³/mol. The molecule has 1 saturated heterocycles. The first kappa shape index (κ1) is 23.3. The van der Waals surface area contributed by atoms with Crippen molar-refractivity contribution in [2.24, 2.45) is 0 Å². The second kappa shape index (κ2) is 9.39. The summed E-state index contributed by atoms with van der Waals surface area (Å²) in [7, 11) is 0. The fourth-order valence-corrected chi connectivity index (χ4v) is 4.24. The summed E-state index contributed by atoms with van der Waals surface area (Å²) in [6.07, 6.45) is 0. The van der Waals surface area contributed by atoms with Gasteiger partial charge in [-0.3, -0.25) is 9.69 Å². The lowest BCUT2D eigenvalue weighted by molar-refractivity contribution is -0.139. The van der Waals surface area contributed by atoms with Crippen LogP contribution >= 0.6 is 0 Å². The number of piperazine rings is 1. The maximum Gasteiger partial charge on any atom is 0.260 e. The molecule has 1 heterocycles. The second-order valence-corrected chi connectivity index (χ2v) is 9.79. The lowest BCUT2D eigenvalue weighted by Crippen LogP contribution is -2.58. The van der Waals surface area contributed by atoms with Gasteiger partial charge in [-0.2, -0.15) is 0 Å². The highest BCUT2D eigenvalue weighted by atomic mass is 19.1. The van der Waals surface area contributed by atoms with E-state index in [2.05, 4.69) is 45.6 Å². The van der Waals surface area contributed by atoms with Crippen LogP contribution in [-0.4, -0.2) is 47.5 Å². The van der Waals surface area contributed by atoms with Crippen molar-refractivity contribution in [3.63, 3.8) is 0 Å². The highest BCUT2D eigenvalue weighted by Crippen LogP contribution is 2.33. The molecule has 3 rings (SSSR count). The van der Waals surface area contributed by atoms with Crippen molar-refractivity contribution < 1.29 is 13.9 Å². The molecule has 0 aliphatic carbocycles. The first-order valence-corrected chi connectivity index (χ1v) is 11.1. The summed E-state index contributed by atoms with van der Waals surface area (Å²) in [5, 5.41) is 0. The van der Waals surface area contributed by atoms with E-state index in [-0.39, 0.29) is 35.8 Å². The predicted octanol–water partition coefficient (Wildman–Crippen LogP) is 4.93. The van der Waals surface area contributed by atoms with Gasteiger partial charge in [0.2, 0.25) is 0 Å². The molecular formula is C26H35FN2O2. The third kappa shape index (κ3) is 5.65. The third-order valence-electron chi connectivity index (χ3n) is 6.09. The SMILES string of the molecule is Cc1cccc(C(C)(C)C)c1OCC(=O)N1C[C@H](C)N(Cc2ccc(F)cc2)C[C@H]1C. The molecule has 1 fully saturated rings. The molecule has 1 aliphatic rings. The van der Waals surface area contributed by atoms with E-state index < -0.39 is 0 Å². The molecule has 0 unspecified atom stereocenters. The smallest absolute Gasteiger partial charge is 0.260 e. The van der Waals surface area contributed by atoms with Gasteiger partial charge in [0.05, 0.1) is 0 Å². The molecule has 1 aliphatic heterocycles. The topological polar surface area (TPSA) is 32.8 Å². The maximum atomic E-state index is 13.2. The summed E-state index contributed by atoms with van der Waals surface area (Å²) in [5.41, 5.74) is 3.19. The lowest BCUT2D eigenvalue weighted by atomic mass is 9.85.